The standard InChI is InChI=1S/C2H2O4/c3-1(4)2(5)6/h(H,3,4)(H,5,6)/i1+1,2+1. The van der Waals surface area contributed by atoms with Crippen LogP contribution in [0.15, 0.2) is 0 Å². The number of hydrogen-bond acceptors (Lipinski definition) is 2. The molecule has 0 aliphatic heterocycles. The number of hydrogen-bond donors (Lipinski definition) is 2. The van der Waals surface area contributed by atoms with Crippen molar-refractivity contribution in [3.8, 4) is 0 Å². The Hall–Kier alpha value is -1.06. The SMILES string of the molecule is O=[13C](O)[13C](=O)O. The smallest absolute Gasteiger partial charge is 0.414 e. The lowest BCUT2D eigenvalue weighted by Gasteiger charge is -1.72. The molecule has 0 saturated carbocycles. The molecule has 4 heteroatoms. The van der Waals surface area contributed by atoms with Gasteiger partial charge in [-0.3, -0.25) is 0 Å². The molecule has 6 heavy (non-hydrogen) atoms. The van der Waals surface area contributed by atoms with E-state index in [4.69, 9.17) is 19.8 Å². The van der Waals surface area contributed by atoms with Crippen molar-refractivity contribution in [2.24, 2.45) is 0 Å². The summed E-state index contributed by atoms with van der Waals surface area (Å²) in [5.74, 6) is -3.65. The van der Waals surface area contributed by atoms with Crippen molar-refractivity contribution in [2.75, 3.05) is 0 Å². The van der Waals surface area contributed by atoms with E-state index in [1.165, 1.54) is 0 Å². The molecular formula is C2H2O4. The second-order valence-electron chi connectivity index (χ2n) is 0.610. The first-order valence-electron chi connectivity index (χ1n) is 1.11. The molecule has 0 spiro atoms. The van der Waals surface area contributed by atoms with Crippen molar-refractivity contribution in [2.45, 2.75) is 0 Å². The van der Waals surface area contributed by atoms with E-state index < -0.39 is 11.9 Å². The van der Waals surface area contributed by atoms with Crippen molar-refractivity contribution in [3.63, 3.8) is 0 Å². The Morgan fingerprint density at radius 3 is 1.17 bits per heavy atom. The van der Waals surface area contributed by atoms with E-state index in [1.54, 1.807) is 0 Å². The summed E-state index contributed by atoms with van der Waals surface area (Å²) in [6, 6.07) is 0. The second-order valence-corrected chi connectivity index (χ2v) is 0.610. The van der Waals surface area contributed by atoms with Gasteiger partial charge in [0.1, 0.15) is 0 Å². The minimum absolute atomic E-state index is 1.82. The fourth-order valence-corrected chi connectivity index (χ4v) is 0. The van der Waals surface area contributed by atoms with Crippen LogP contribution in [0.5, 0.6) is 0 Å². The van der Waals surface area contributed by atoms with Crippen LogP contribution in [0.4, 0.5) is 0 Å². The molecule has 0 radical (unpaired) electrons. The third-order valence-electron chi connectivity index (χ3n) is 0.183. The zero-order chi connectivity index (χ0) is 5.15. The average Bonchev–Trinajstić information content (AvgIpc) is 1.36. The van der Waals surface area contributed by atoms with Crippen LogP contribution in [0.2, 0.25) is 0 Å². The summed E-state index contributed by atoms with van der Waals surface area (Å²) in [6.07, 6.45) is 0. The third kappa shape index (κ3) is 1.28. The van der Waals surface area contributed by atoms with Gasteiger partial charge in [-0.1, -0.05) is 0 Å². The van der Waals surface area contributed by atoms with E-state index >= 15 is 0 Å². The number of rotatable bonds is 0. The Balaban J connectivity index is 3.57. The Bertz CT molecular complexity index is 71.5. The van der Waals surface area contributed by atoms with Gasteiger partial charge in [0.2, 0.25) is 0 Å². The van der Waals surface area contributed by atoms with E-state index in [-0.39, 0.29) is 0 Å². The molecular weight excluding hydrogens is 90.0 g/mol. The van der Waals surface area contributed by atoms with Crippen LogP contribution in [0.25, 0.3) is 0 Å². The van der Waals surface area contributed by atoms with E-state index in [2.05, 4.69) is 0 Å². The summed E-state index contributed by atoms with van der Waals surface area (Å²) in [4.78, 5) is 18.2. The van der Waals surface area contributed by atoms with Gasteiger partial charge in [0.25, 0.3) is 0 Å². The highest BCUT2D eigenvalue weighted by atomic mass is 16.6. The van der Waals surface area contributed by atoms with Crippen LogP contribution in [0.3, 0.4) is 0 Å². The molecule has 0 fully saturated rings. The van der Waals surface area contributed by atoms with Crippen LogP contribution in [-0.2, 0) is 9.59 Å². The molecule has 0 unspecified atom stereocenters. The van der Waals surface area contributed by atoms with Gasteiger partial charge >= 0.3 is 11.9 Å². The molecule has 0 amide bonds. The van der Waals surface area contributed by atoms with E-state index in [1.807, 2.05) is 0 Å². The summed E-state index contributed by atoms with van der Waals surface area (Å²) < 4.78 is 0. The van der Waals surface area contributed by atoms with Crippen molar-refractivity contribution >= 4 is 11.9 Å². The highest BCUT2D eigenvalue weighted by Crippen LogP contribution is 1.56. The van der Waals surface area contributed by atoms with Crippen molar-refractivity contribution in [1.82, 2.24) is 0 Å². The molecule has 0 rings (SSSR count). The zero-order valence-corrected chi connectivity index (χ0v) is 2.71. The van der Waals surface area contributed by atoms with Crippen molar-refractivity contribution < 1.29 is 19.8 Å². The molecule has 0 bridgehead atoms. The largest absolute Gasteiger partial charge is 0.473 e. The van der Waals surface area contributed by atoms with Gasteiger partial charge in [-0.05, 0) is 0 Å². The first-order valence-corrected chi connectivity index (χ1v) is 1.11. The maximum atomic E-state index is 9.10. The number of carboxylic acids is 2. The Labute approximate surface area is 33.0 Å². The fourth-order valence-electron chi connectivity index (χ4n) is 0. The van der Waals surface area contributed by atoms with E-state index in [0.717, 1.165) is 0 Å². The molecule has 0 saturated heterocycles. The molecule has 2 N–H and O–H groups in total. The summed E-state index contributed by atoms with van der Waals surface area (Å²) in [5.41, 5.74) is 0. The summed E-state index contributed by atoms with van der Waals surface area (Å²) in [5, 5.41) is 14.8. The Morgan fingerprint density at radius 2 is 1.17 bits per heavy atom. The van der Waals surface area contributed by atoms with Gasteiger partial charge in [-0.15, -0.1) is 0 Å². The van der Waals surface area contributed by atoms with Crippen molar-refractivity contribution in [3.05, 3.63) is 0 Å². The van der Waals surface area contributed by atoms with Crippen LogP contribution in [0, 0.1) is 0 Å². The highest BCUT2D eigenvalue weighted by Gasteiger charge is 2.04. The minimum atomic E-state index is -1.82. The predicted octanol–water partition coefficient (Wildman–Crippen LogP) is -0.844. The van der Waals surface area contributed by atoms with Gasteiger partial charge in [0.15, 0.2) is 0 Å². The lowest BCUT2D eigenvalue weighted by atomic mass is 11.7. The number of aliphatic carboxylic acids is 2. The maximum Gasteiger partial charge on any atom is 0.414 e. The van der Waals surface area contributed by atoms with E-state index in [0.29, 0.717) is 0 Å². The molecule has 0 aliphatic rings. The topological polar surface area (TPSA) is 74.6 Å². The average molecular weight is 92.0 g/mol. The van der Waals surface area contributed by atoms with Gasteiger partial charge in [-0.2, -0.15) is 0 Å². The van der Waals surface area contributed by atoms with Crippen LogP contribution in [0.1, 0.15) is 0 Å². The normalized spacial score (nSPS) is 7.33. The zero-order valence-electron chi connectivity index (χ0n) is 2.71. The van der Waals surface area contributed by atoms with Gasteiger partial charge < -0.3 is 10.2 Å². The molecule has 0 aromatic heterocycles. The maximum absolute atomic E-state index is 9.10. The van der Waals surface area contributed by atoms with Crippen molar-refractivity contribution in [1.29, 1.82) is 0 Å². The first-order chi connectivity index (χ1) is 2.64. The number of carboxylic acid groups (broad SMARTS) is 2. The molecule has 0 aliphatic carbocycles. The Morgan fingerprint density at radius 1 is 1.00 bits per heavy atom. The molecule has 0 aromatic carbocycles. The molecule has 0 aromatic rings. The molecule has 4 nitrogen and oxygen atoms in total. The van der Waals surface area contributed by atoms with Gasteiger partial charge in [0, 0.05) is 0 Å². The third-order valence-corrected chi connectivity index (χ3v) is 0.183. The monoisotopic (exact) mass is 92.0 g/mol. The van der Waals surface area contributed by atoms with Gasteiger partial charge in [-0.25, -0.2) is 9.59 Å². The van der Waals surface area contributed by atoms with Crippen LogP contribution < -0.4 is 0 Å². The summed E-state index contributed by atoms with van der Waals surface area (Å²) >= 11 is 0. The summed E-state index contributed by atoms with van der Waals surface area (Å²) in [7, 11) is 0. The number of carbonyl (C=O) groups is 2. The summed E-state index contributed by atoms with van der Waals surface area (Å²) in [6.45, 7) is 0. The fraction of sp³-hybridized carbons (Fsp3) is 0. The molecule has 34 valence electrons. The second kappa shape index (κ2) is 1.40. The lowest BCUT2D eigenvalue weighted by Crippen LogP contribution is -2.09. The lowest BCUT2D eigenvalue weighted by molar-refractivity contribution is -0.159. The van der Waals surface area contributed by atoms with Crippen LogP contribution in [-0.4, -0.2) is 22.2 Å². The minimum Gasteiger partial charge on any atom is -0.473 e. The molecule has 0 atom stereocenters. The highest BCUT2D eigenvalue weighted by molar-refractivity contribution is 6.27. The van der Waals surface area contributed by atoms with Crippen LogP contribution >= 0.6 is 0 Å². The molecule has 0 heterocycles. The predicted molar refractivity (Wildman–Crippen MR) is 15.3 cm³/mol. The van der Waals surface area contributed by atoms with E-state index in [9.17, 15) is 0 Å². The van der Waals surface area contributed by atoms with Gasteiger partial charge in [0.05, 0.1) is 0 Å². The first kappa shape index (κ1) is 4.94. The quantitative estimate of drug-likeness (QED) is 0.301. The Kier molecular flexibility index (Phi) is 1.15.